The normalized spacial score (nSPS) is 14.7. The third-order valence-electron chi connectivity index (χ3n) is 7.73. The summed E-state index contributed by atoms with van der Waals surface area (Å²) in [5.74, 6) is 1.000. The van der Waals surface area contributed by atoms with Gasteiger partial charge in [-0.05, 0) is 61.7 Å². The van der Waals surface area contributed by atoms with Crippen LogP contribution >= 0.6 is 47.8 Å². The topological polar surface area (TPSA) is 52.2 Å². The monoisotopic (exact) mass is 708 g/mol. The van der Waals surface area contributed by atoms with Crippen molar-refractivity contribution in [3.8, 4) is 0 Å². The van der Waals surface area contributed by atoms with Gasteiger partial charge in [0.05, 0.1) is 17.1 Å². The molecule has 1 aliphatic carbocycles. The van der Waals surface area contributed by atoms with Gasteiger partial charge >= 0.3 is 0 Å². The molecule has 1 fully saturated rings. The number of hydrogen-bond acceptors (Lipinski definition) is 3. The minimum Gasteiger partial charge on any atom is -0.340 e. The maximum absolute atomic E-state index is 13.8. The van der Waals surface area contributed by atoms with Crippen LogP contribution in [0.4, 0.5) is 0 Å². The Bertz CT molecular complexity index is 1800. The van der Waals surface area contributed by atoms with Gasteiger partial charge in [0, 0.05) is 48.0 Å². The van der Waals surface area contributed by atoms with Crippen molar-refractivity contribution >= 4 is 75.8 Å². The summed E-state index contributed by atoms with van der Waals surface area (Å²) in [5, 5.41) is 6.54. The van der Waals surface area contributed by atoms with Crippen LogP contribution in [0.5, 0.6) is 0 Å². The van der Waals surface area contributed by atoms with Crippen molar-refractivity contribution in [1.82, 2.24) is 14.2 Å². The summed E-state index contributed by atoms with van der Waals surface area (Å²) in [6.45, 7) is 2.83. The summed E-state index contributed by atoms with van der Waals surface area (Å²) in [7, 11) is 0. The zero-order valence-electron chi connectivity index (χ0n) is 21.5. The smallest absolute Gasteiger partial charge is 0.282 e. The highest BCUT2D eigenvalue weighted by atomic mass is 79.9. The lowest BCUT2D eigenvalue weighted by atomic mass is 9.88. The van der Waals surface area contributed by atoms with E-state index >= 15 is 0 Å². The predicted octanol–water partition coefficient (Wildman–Crippen LogP) is 8.93. The largest absolute Gasteiger partial charge is 0.340 e. The van der Waals surface area contributed by atoms with E-state index in [1.54, 1.807) is 4.68 Å². The van der Waals surface area contributed by atoms with Gasteiger partial charge in [-0.3, -0.25) is 4.79 Å². The first kappa shape index (κ1) is 26.7. The fraction of sp³-hybridized carbons (Fsp3) is 0.258. The van der Waals surface area contributed by atoms with Gasteiger partial charge in [-0.15, -0.1) is 0 Å². The van der Waals surface area contributed by atoms with E-state index in [0.29, 0.717) is 11.9 Å². The molecule has 0 saturated heterocycles. The van der Waals surface area contributed by atoms with E-state index in [9.17, 15) is 4.79 Å². The second kappa shape index (κ2) is 11.1. The van der Waals surface area contributed by atoms with Gasteiger partial charge in [0.15, 0.2) is 0 Å². The molecule has 0 unspecified atom stereocenters. The second-order valence-corrected chi connectivity index (χ2v) is 12.9. The van der Waals surface area contributed by atoms with E-state index < -0.39 is 0 Å². The predicted molar refractivity (Wildman–Crippen MR) is 170 cm³/mol. The molecule has 198 valence electrons. The molecule has 8 heteroatoms. The Balaban J connectivity index is 1.49. The van der Waals surface area contributed by atoms with Crippen LogP contribution in [0.15, 0.2) is 84.0 Å². The van der Waals surface area contributed by atoms with Gasteiger partial charge in [-0.2, -0.15) is 9.78 Å². The number of halogens is 3. The standard InChI is InChI=1S/C31H27Br3N4O/c1-19-26(24-9-5-6-10-29(24)37(19)18-21-11-12-23(33)16-27(21)34)17-35-38-30(20-7-3-2-4-8-20)36-28-14-13-22(32)15-25(28)31(38)39/h5-6,9-17,20H,2-4,7-8,18H2,1H3. The van der Waals surface area contributed by atoms with Gasteiger partial charge in [0.25, 0.3) is 5.56 Å². The van der Waals surface area contributed by atoms with Crippen LogP contribution < -0.4 is 5.56 Å². The van der Waals surface area contributed by atoms with Crippen molar-refractivity contribution in [1.29, 1.82) is 0 Å². The second-order valence-electron chi connectivity index (χ2n) is 10.2. The molecule has 0 radical (unpaired) electrons. The van der Waals surface area contributed by atoms with Gasteiger partial charge in [-0.1, -0.05) is 91.3 Å². The third kappa shape index (κ3) is 5.19. The molecule has 5 nitrogen and oxygen atoms in total. The first-order valence-electron chi connectivity index (χ1n) is 13.2. The molecule has 6 rings (SSSR count). The molecule has 0 amide bonds. The maximum Gasteiger partial charge on any atom is 0.282 e. The van der Waals surface area contributed by atoms with Gasteiger partial charge in [0.2, 0.25) is 0 Å². The van der Waals surface area contributed by atoms with Crippen LogP contribution in [0.3, 0.4) is 0 Å². The van der Waals surface area contributed by atoms with Crippen molar-refractivity contribution in [2.24, 2.45) is 5.10 Å². The number of para-hydroxylation sites is 1. The molecule has 0 spiro atoms. The van der Waals surface area contributed by atoms with Crippen molar-refractivity contribution in [3.63, 3.8) is 0 Å². The lowest BCUT2D eigenvalue weighted by Gasteiger charge is -2.22. The lowest BCUT2D eigenvalue weighted by molar-refractivity contribution is 0.416. The Morgan fingerprint density at radius 3 is 2.49 bits per heavy atom. The Labute approximate surface area is 252 Å². The number of fused-ring (bicyclic) bond motifs is 2. The Morgan fingerprint density at radius 1 is 0.949 bits per heavy atom. The fourth-order valence-corrected chi connectivity index (χ4v) is 7.20. The highest BCUT2D eigenvalue weighted by molar-refractivity contribution is 9.11. The summed E-state index contributed by atoms with van der Waals surface area (Å²) < 4.78 is 6.82. The highest BCUT2D eigenvalue weighted by Gasteiger charge is 2.23. The fourth-order valence-electron chi connectivity index (χ4n) is 5.66. The van der Waals surface area contributed by atoms with E-state index in [2.05, 4.69) is 95.7 Å². The highest BCUT2D eigenvalue weighted by Crippen LogP contribution is 2.33. The van der Waals surface area contributed by atoms with Crippen molar-refractivity contribution < 1.29 is 0 Å². The zero-order chi connectivity index (χ0) is 27.1. The van der Waals surface area contributed by atoms with E-state index in [1.807, 2.05) is 30.5 Å². The van der Waals surface area contributed by atoms with Crippen molar-refractivity contribution in [2.75, 3.05) is 0 Å². The average molecular weight is 711 g/mol. The van der Waals surface area contributed by atoms with Crippen molar-refractivity contribution in [3.05, 3.63) is 107 Å². The van der Waals surface area contributed by atoms with E-state index in [1.165, 1.54) is 12.0 Å². The molecule has 2 heterocycles. The SMILES string of the molecule is Cc1c(C=Nn2c(C3CCCCC3)nc3ccc(Br)cc3c2=O)c2ccccc2n1Cc1ccc(Br)cc1Br. The molecule has 2 aromatic heterocycles. The number of aromatic nitrogens is 3. The summed E-state index contributed by atoms with van der Waals surface area (Å²) in [5.41, 5.74) is 5.02. The molecule has 5 aromatic rings. The quantitative estimate of drug-likeness (QED) is 0.171. The molecule has 0 N–H and O–H groups in total. The number of hydrogen-bond donors (Lipinski definition) is 0. The molecule has 1 aliphatic rings. The maximum atomic E-state index is 13.8. The van der Waals surface area contributed by atoms with E-state index in [-0.39, 0.29) is 11.5 Å². The van der Waals surface area contributed by atoms with E-state index in [4.69, 9.17) is 10.1 Å². The summed E-state index contributed by atoms with van der Waals surface area (Å²) in [6, 6.07) is 20.3. The Kier molecular flexibility index (Phi) is 7.62. The summed E-state index contributed by atoms with van der Waals surface area (Å²) in [6.07, 6.45) is 7.46. The Hall–Kier alpha value is -2.55. The van der Waals surface area contributed by atoms with Crippen LogP contribution in [-0.4, -0.2) is 20.4 Å². The Morgan fingerprint density at radius 2 is 1.69 bits per heavy atom. The number of rotatable bonds is 5. The minimum absolute atomic E-state index is 0.127. The lowest BCUT2D eigenvalue weighted by Crippen LogP contribution is -2.25. The van der Waals surface area contributed by atoms with Crippen molar-refractivity contribution in [2.45, 2.75) is 51.5 Å². The van der Waals surface area contributed by atoms with E-state index in [0.717, 1.165) is 72.6 Å². The molecule has 0 aliphatic heterocycles. The zero-order valence-corrected chi connectivity index (χ0v) is 26.3. The summed E-state index contributed by atoms with van der Waals surface area (Å²) in [4.78, 5) is 18.8. The molecule has 3 aromatic carbocycles. The number of benzene rings is 3. The first-order valence-corrected chi connectivity index (χ1v) is 15.6. The molecule has 0 bridgehead atoms. The van der Waals surface area contributed by atoms with Crippen LogP contribution in [-0.2, 0) is 6.54 Å². The molecule has 39 heavy (non-hydrogen) atoms. The average Bonchev–Trinajstić information content (AvgIpc) is 3.20. The van der Waals surface area contributed by atoms with Crippen LogP contribution in [0.1, 0.15) is 60.7 Å². The molecule has 0 atom stereocenters. The van der Waals surface area contributed by atoms with Crippen LogP contribution in [0, 0.1) is 6.92 Å². The number of nitrogens with zero attached hydrogens (tertiary/aromatic N) is 4. The molecular formula is C31H27Br3N4O. The van der Waals surface area contributed by atoms with Gasteiger partial charge < -0.3 is 4.57 Å². The van der Waals surface area contributed by atoms with Crippen LogP contribution in [0.2, 0.25) is 0 Å². The molecule has 1 saturated carbocycles. The van der Waals surface area contributed by atoms with Gasteiger partial charge in [-0.25, -0.2) is 4.98 Å². The summed E-state index contributed by atoms with van der Waals surface area (Å²) >= 11 is 10.8. The minimum atomic E-state index is -0.127. The molecular weight excluding hydrogens is 684 g/mol. The first-order chi connectivity index (χ1) is 18.9. The van der Waals surface area contributed by atoms with Crippen LogP contribution in [0.25, 0.3) is 21.8 Å². The third-order valence-corrected chi connectivity index (χ3v) is 9.45. The van der Waals surface area contributed by atoms with Gasteiger partial charge in [0.1, 0.15) is 5.82 Å².